The number of thioether (sulfide) groups is 1. The summed E-state index contributed by atoms with van der Waals surface area (Å²) in [7, 11) is -3.58. The van der Waals surface area contributed by atoms with Crippen molar-refractivity contribution in [1.29, 1.82) is 0 Å². The fourth-order valence-electron chi connectivity index (χ4n) is 3.33. The van der Waals surface area contributed by atoms with Crippen molar-refractivity contribution in [1.82, 2.24) is 9.62 Å². The molecule has 2 aliphatic rings. The van der Waals surface area contributed by atoms with Crippen molar-refractivity contribution in [2.45, 2.75) is 27.8 Å². The molecule has 1 saturated heterocycles. The number of rotatable bonds is 6. The molecule has 2 aromatic rings. The van der Waals surface area contributed by atoms with E-state index in [9.17, 15) is 22.4 Å². The Balaban J connectivity index is 1.48. The summed E-state index contributed by atoms with van der Waals surface area (Å²) in [5.74, 6) is -0.818. The maximum absolute atomic E-state index is 13.0. The lowest BCUT2D eigenvalue weighted by Gasteiger charge is -2.25. The average Bonchev–Trinajstić information content (AvgIpc) is 3.40. The molecular formula is C19H20FN3O4S3. The summed E-state index contributed by atoms with van der Waals surface area (Å²) >= 11 is 2.44. The highest BCUT2D eigenvalue weighted by molar-refractivity contribution is 8.02. The molecule has 0 atom stereocenters. The van der Waals surface area contributed by atoms with E-state index in [-0.39, 0.29) is 40.7 Å². The Hall–Kier alpha value is -1.95. The minimum absolute atomic E-state index is 0.155. The number of fused-ring (bicyclic) bond motifs is 1. The Morgan fingerprint density at radius 2 is 1.87 bits per heavy atom. The predicted molar refractivity (Wildman–Crippen MR) is 114 cm³/mol. The van der Waals surface area contributed by atoms with E-state index in [4.69, 9.17) is 0 Å². The predicted octanol–water partition coefficient (Wildman–Crippen LogP) is 2.43. The molecule has 0 aliphatic carbocycles. The van der Waals surface area contributed by atoms with E-state index in [1.165, 1.54) is 39.2 Å². The zero-order valence-corrected chi connectivity index (χ0v) is 18.4. The van der Waals surface area contributed by atoms with Gasteiger partial charge in [0.2, 0.25) is 11.8 Å². The van der Waals surface area contributed by atoms with Gasteiger partial charge in [-0.15, -0.1) is 23.1 Å². The third-order valence-electron chi connectivity index (χ3n) is 4.94. The third kappa shape index (κ3) is 4.39. The van der Waals surface area contributed by atoms with Crippen LogP contribution in [0, 0.1) is 5.82 Å². The van der Waals surface area contributed by atoms with Crippen molar-refractivity contribution in [3.8, 4) is 0 Å². The van der Waals surface area contributed by atoms with Gasteiger partial charge in [-0.25, -0.2) is 12.8 Å². The molecule has 1 fully saturated rings. The van der Waals surface area contributed by atoms with Gasteiger partial charge in [0, 0.05) is 19.6 Å². The van der Waals surface area contributed by atoms with Crippen LogP contribution in [0.1, 0.15) is 18.4 Å². The molecule has 4 rings (SSSR count). The van der Waals surface area contributed by atoms with Crippen molar-refractivity contribution in [2.75, 3.05) is 30.3 Å². The molecule has 3 heterocycles. The SMILES string of the molecule is O=C(CN1C(=O)CSc2sc(S(=O)(=O)N3CCCC3)cc21)NCc1ccc(F)cc1. The molecule has 0 unspecified atom stereocenters. The van der Waals surface area contributed by atoms with Gasteiger partial charge in [0.15, 0.2) is 0 Å². The standard InChI is InChI=1S/C19H20FN3O4S3/c20-14-5-3-13(4-6-14)10-21-16(24)11-23-15-9-18(29-19(15)28-12-17(23)25)30(26,27)22-7-1-2-8-22/h3-6,9H,1-2,7-8,10-12H2,(H,21,24). The van der Waals surface area contributed by atoms with E-state index in [2.05, 4.69) is 5.32 Å². The number of nitrogens with zero attached hydrogens (tertiary/aromatic N) is 2. The highest BCUT2D eigenvalue weighted by Crippen LogP contribution is 2.44. The summed E-state index contributed by atoms with van der Waals surface area (Å²) in [6.07, 6.45) is 1.69. The summed E-state index contributed by atoms with van der Waals surface area (Å²) < 4.78 is 41.1. The van der Waals surface area contributed by atoms with Crippen LogP contribution in [0.5, 0.6) is 0 Å². The number of halogens is 1. The summed E-state index contributed by atoms with van der Waals surface area (Å²) in [6, 6.07) is 7.28. The molecular weight excluding hydrogens is 449 g/mol. The normalized spacial score (nSPS) is 17.2. The number of carbonyl (C=O) groups excluding carboxylic acids is 2. The molecule has 11 heteroatoms. The van der Waals surface area contributed by atoms with Crippen LogP contribution in [0.3, 0.4) is 0 Å². The maximum Gasteiger partial charge on any atom is 0.252 e. The highest BCUT2D eigenvalue weighted by Gasteiger charge is 2.34. The molecule has 1 aromatic carbocycles. The number of thiophene rings is 1. The van der Waals surface area contributed by atoms with Gasteiger partial charge in [-0.1, -0.05) is 12.1 Å². The van der Waals surface area contributed by atoms with E-state index in [0.29, 0.717) is 18.8 Å². The Bertz CT molecular complexity index is 1060. The number of hydrogen-bond acceptors (Lipinski definition) is 6. The fourth-order valence-corrected chi connectivity index (χ4v) is 7.77. The van der Waals surface area contributed by atoms with Crippen LogP contribution in [0.25, 0.3) is 0 Å². The van der Waals surface area contributed by atoms with Gasteiger partial charge in [-0.2, -0.15) is 4.31 Å². The molecule has 0 radical (unpaired) electrons. The second-order valence-corrected chi connectivity index (χ2v) is 11.5. The molecule has 30 heavy (non-hydrogen) atoms. The lowest BCUT2D eigenvalue weighted by molar-refractivity contribution is -0.123. The first-order valence-corrected chi connectivity index (χ1v) is 12.7. The van der Waals surface area contributed by atoms with Gasteiger partial charge in [0.1, 0.15) is 16.6 Å². The van der Waals surface area contributed by atoms with E-state index < -0.39 is 10.0 Å². The summed E-state index contributed by atoms with van der Waals surface area (Å²) in [4.78, 5) is 26.2. The first kappa shape index (κ1) is 21.3. The second-order valence-electron chi connectivity index (χ2n) is 7.02. The maximum atomic E-state index is 13.0. The van der Waals surface area contributed by atoms with Crippen LogP contribution in [-0.2, 0) is 26.2 Å². The number of amides is 2. The topological polar surface area (TPSA) is 86.8 Å². The Morgan fingerprint density at radius 3 is 2.57 bits per heavy atom. The van der Waals surface area contributed by atoms with Gasteiger partial charge >= 0.3 is 0 Å². The van der Waals surface area contributed by atoms with Crippen molar-refractivity contribution < 1.29 is 22.4 Å². The lowest BCUT2D eigenvalue weighted by atomic mass is 10.2. The molecule has 160 valence electrons. The van der Waals surface area contributed by atoms with Crippen molar-refractivity contribution in [2.24, 2.45) is 0 Å². The second kappa shape index (κ2) is 8.66. The summed E-state index contributed by atoms with van der Waals surface area (Å²) in [5, 5.41) is 2.71. The Labute approximate surface area is 182 Å². The number of hydrogen-bond donors (Lipinski definition) is 1. The quantitative estimate of drug-likeness (QED) is 0.702. The number of nitrogens with one attached hydrogen (secondary N) is 1. The van der Waals surface area contributed by atoms with Gasteiger partial charge in [-0.3, -0.25) is 9.59 Å². The average molecular weight is 470 g/mol. The van der Waals surface area contributed by atoms with Gasteiger partial charge in [-0.05, 0) is 36.6 Å². The monoisotopic (exact) mass is 469 g/mol. The minimum atomic E-state index is -3.58. The van der Waals surface area contributed by atoms with Crippen molar-refractivity contribution in [3.63, 3.8) is 0 Å². The molecule has 1 N–H and O–H groups in total. The van der Waals surface area contributed by atoms with Crippen LogP contribution >= 0.6 is 23.1 Å². The molecule has 0 spiro atoms. The van der Waals surface area contributed by atoms with E-state index in [1.54, 1.807) is 12.1 Å². The summed E-state index contributed by atoms with van der Waals surface area (Å²) in [5.41, 5.74) is 1.21. The molecule has 2 amide bonds. The highest BCUT2D eigenvalue weighted by atomic mass is 32.3. The van der Waals surface area contributed by atoms with E-state index in [0.717, 1.165) is 34.0 Å². The Kier molecular flexibility index (Phi) is 6.14. The zero-order valence-electron chi connectivity index (χ0n) is 16.0. The number of carbonyl (C=O) groups is 2. The van der Waals surface area contributed by atoms with E-state index in [1.807, 2.05) is 0 Å². The van der Waals surface area contributed by atoms with Crippen LogP contribution in [0.4, 0.5) is 10.1 Å². The van der Waals surface area contributed by atoms with Gasteiger partial charge < -0.3 is 10.2 Å². The first-order valence-electron chi connectivity index (χ1n) is 9.43. The fraction of sp³-hybridized carbons (Fsp3) is 0.368. The Morgan fingerprint density at radius 1 is 1.17 bits per heavy atom. The smallest absolute Gasteiger partial charge is 0.252 e. The summed E-state index contributed by atoms with van der Waals surface area (Å²) in [6.45, 7) is 1.02. The number of sulfonamides is 1. The zero-order chi connectivity index (χ0) is 21.3. The third-order valence-corrected chi connectivity index (χ3v) is 9.67. The van der Waals surface area contributed by atoms with Gasteiger partial charge in [0.05, 0.1) is 15.6 Å². The van der Waals surface area contributed by atoms with Crippen LogP contribution in [-0.4, -0.2) is 49.9 Å². The molecule has 0 saturated carbocycles. The molecule has 1 aromatic heterocycles. The molecule has 7 nitrogen and oxygen atoms in total. The van der Waals surface area contributed by atoms with E-state index >= 15 is 0 Å². The molecule has 2 aliphatic heterocycles. The van der Waals surface area contributed by atoms with Crippen LogP contribution in [0.15, 0.2) is 38.8 Å². The van der Waals surface area contributed by atoms with Crippen LogP contribution < -0.4 is 10.2 Å². The lowest BCUT2D eigenvalue weighted by Crippen LogP contribution is -2.42. The van der Waals surface area contributed by atoms with Crippen molar-refractivity contribution in [3.05, 3.63) is 41.7 Å². The first-order chi connectivity index (χ1) is 14.3. The largest absolute Gasteiger partial charge is 0.350 e. The number of anilines is 1. The van der Waals surface area contributed by atoms with Crippen LogP contribution in [0.2, 0.25) is 0 Å². The van der Waals surface area contributed by atoms with Crippen molar-refractivity contribution >= 4 is 50.6 Å². The molecule has 0 bridgehead atoms. The number of benzene rings is 1. The van der Waals surface area contributed by atoms with Gasteiger partial charge in [0.25, 0.3) is 10.0 Å². The minimum Gasteiger partial charge on any atom is -0.350 e.